The Morgan fingerprint density at radius 2 is 2.15 bits per heavy atom. The van der Waals surface area contributed by atoms with E-state index in [1.54, 1.807) is 0 Å². The molecule has 3 fully saturated rings. The number of morpholine rings is 1. The lowest BCUT2D eigenvalue weighted by Gasteiger charge is -2.36. The predicted octanol–water partition coefficient (Wildman–Crippen LogP) is 1.17. The standard InChI is InChI=1S/C16H31N3O/c1-2-6-17-9-14-5-8-18(10-14)11-16-12-19-7-3-4-15(19)13-20-16/h14-17H,2-13H2,1H3. The lowest BCUT2D eigenvalue weighted by molar-refractivity contribution is -0.0592. The summed E-state index contributed by atoms with van der Waals surface area (Å²) in [6.45, 7) is 11.7. The summed E-state index contributed by atoms with van der Waals surface area (Å²) in [5.41, 5.74) is 0. The third kappa shape index (κ3) is 3.73. The van der Waals surface area contributed by atoms with Crippen LogP contribution in [0.25, 0.3) is 0 Å². The van der Waals surface area contributed by atoms with Crippen LogP contribution in [0.1, 0.15) is 32.6 Å². The number of hydrogen-bond donors (Lipinski definition) is 1. The lowest BCUT2D eigenvalue weighted by Crippen LogP contribution is -2.49. The van der Waals surface area contributed by atoms with E-state index in [0.717, 1.165) is 25.1 Å². The molecular weight excluding hydrogens is 250 g/mol. The molecule has 3 atom stereocenters. The third-order valence-electron chi connectivity index (χ3n) is 5.15. The van der Waals surface area contributed by atoms with Crippen molar-refractivity contribution in [3.8, 4) is 0 Å². The second-order valence-electron chi connectivity index (χ2n) is 6.86. The first-order valence-electron chi connectivity index (χ1n) is 8.64. The molecule has 0 aromatic heterocycles. The van der Waals surface area contributed by atoms with Gasteiger partial charge in [-0.25, -0.2) is 0 Å². The Bertz CT molecular complexity index is 299. The molecule has 20 heavy (non-hydrogen) atoms. The van der Waals surface area contributed by atoms with Gasteiger partial charge < -0.3 is 15.0 Å². The molecule has 1 N–H and O–H groups in total. The van der Waals surface area contributed by atoms with Crippen LogP contribution in [0, 0.1) is 5.92 Å². The Kier molecular flexibility index (Phi) is 5.32. The van der Waals surface area contributed by atoms with Gasteiger partial charge >= 0.3 is 0 Å². The zero-order chi connectivity index (χ0) is 13.8. The highest BCUT2D eigenvalue weighted by Gasteiger charge is 2.33. The molecule has 116 valence electrons. The molecule has 4 heteroatoms. The fourth-order valence-corrected chi connectivity index (χ4v) is 4.01. The fourth-order valence-electron chi connectivity index (χ4n) is 4.01. The van der Waals surface area contributed by atoms with Crippen LogP contribution in [0.2, 0.25) is 0 Å². The third-order valence-corrected chi connectivity index (χ3v) is 5.15. The van der Waals surface area contributed by atoms with Crippen LogP contribution in [-0.4, -0.2) is 74.4 Å². The molecule has 3 rings (SSSR count). The van der Waals surface area contributed by atoms with Gasteiger partial charge in [0.25, 0.3) is 0 Å². The molecule has 3 aliphatic heterocycles. The van der Waals surface area contributed by atoms with Gasteiger partial charge in [0.2, 0.25) is 0 Å². The van der Waals surface area contributed by atoms with Crippen LogP contribution < -0.4 is 5.32 Å². The highest BCUT2D eigenvalue weighted by Crippen LogP contribution is 2.24. The topological polar surface area (TPSA) is 27.7 Å². The Hall–Kier alpha value is -0.160. The van der Waals surface area contributed by atoms with Gasteiger partial charge in [-0.05, 0) is 57.8 Å². The van der Waals surface area contributed by atoms with E-state index < -0.39 is 0 Å². The zero-order valence-corrected chi connectivity index (χ0v) is 13.0. The maximum Gasteiger partial charge on any atom is 0.0829 e. The minimum Gasteiger partial charge on any atom is -0.374 e. The van der Waals surface area contributed by atoms with Gasteiger partial charge in [0.05, 0.1) is 12.7 Å². The van der Waals surface area contributed by atoms with Crippen molar-refractivity contribution >= 4 is 0 Å². The molecule has 4 nitrogen and oxygen atoms in total. The summed E-state index contributed by atoms with van der Waals surface area (Å²) < 4.78 is 6.09. The summed E-state index contributed by atoms with van der Waals surface area (Å²) in [5.74, 6) is 0.852. The number of rotatable bonds is 6. The molecule has 3 saturated heterocycles. The molecular formula is C16H31N3O. The normalized spacial score (nSPS) is 35.5. The summed E-state index contributed by atoms with van der Waals surface area (Å²) >= 11 is 0. The van der Waals surface area contributed by atoms with Crippen molar-refractivity contribution in [2.24, 2.45) is 5.92 Å². The minimum atomic E-state index is 0.451. The largest absolute Gasteiger partial charge is 0.374 e. The molecule has 0 bridgehead atoms. The average molecular weight is 281 g/mol. The van der Waals surface area contributed by atoms with Crippen molar-refractivity contribution in [2.45, 2.75) is 44.8 Å². The van der Waals surface area contributed by atoms with E-state index in [-0.39, 0.29) is 0 Å². The number of hydrogen-bond acceptors (Lipinski definition) is 4. The lowest BCUT2D eigenvalue weighted by atomic mass is 10.1. The van der Waals surface area contributed by atoms with Gasteiger partial charge in [-0.3, -0.25) is 4.90 Å². The maximum absolute atomic E-state index is 6.09. The highest BCUT2D eigenvalue weighted by molar-refractivity contribution is 4.87. The second-order valence-corrected chi connectivity index (χ2v) is 6.86. The number of nitrogens with one attached hydrogen (secondary N) is 1. The van der Waals surface area contributed by atoms with E-state index in [1.165, 1.54) is 65.0 Å². The van der Waals surface area contributed by atoms with Crippen molar-refractivity contribution in [3.05, 3.63) is 0 Å². The smallest absolute Gasteiger partial charge is 0.0829 e. The van der Waals surface area contributed by atoms with Crippen LogP contribution in [0.3, 0.4) is 0 Å². The van der Waals surface area contributed by atoms with E-state index in [0.29, 0.717) is 6.10 Å². The molecule has 0 aliphatic carbocycles. The SMILES string of the molecule is CCCNCC1CCN(CC2CN3CCCC3CO2)C1. The number of fused-ring (bicyclic) bond motifs is 1. The predicted molar refractivity (Wildman–Crippen MR) is 82.0 cm³/mol. The molecule has 0 spiro atoms. The van der Waals surface area contributed by atoms with E-state index in [4.69, 9.17) is 4.74 Å². The summed E-state index contributed by atoms with van der Waals surface area (Å²) in [7, 11) is 0. The van der Waals surface area contributed by atoms with E-state index in [9.17, 15) is 0 Å². The summed E-state index contributed by atoms with van der Waals surface area (Å²) in [5, 5.41) is 3.57. The second kappa shape index (κ2) is 7.21. The molecule has 0 radical (unpaired) electrons. The van der Waals surface area contributed by atoms with Gasteiger partial charge in [-0.15, -0.1) is 0 Å². The Morgan fingerprint density at radius 1 is 1.20 bits per heavy atom. The molecule has 3 aliphatic rings. The van der Waals surface area contributed by atoms with Gasteiger partial charge in [-0.1, -0.05) is 6.92 Å². The van der Waals surface area contributed by atoms with Gasteiger partial charge in [0.15, 0.2) is 0 Å². The number of nitrogens with zero attached hydrogens (tertiary/aromatic N) is 2. The monoisotopic (exact) mass is 281 g/mol. The summed E-state index contributed by atoms with van der Waals surface area (Å²) in [6, 6.07) is 0.732. The minimum absolute atomic E-state index is 0.451. The molecule has 0 aromatic rings. The first-order valence-corrected chi connectivity index (χ1v) is 8.64. The quantitative estimate of drug-likeness (QED) is 0.740. The number of ether oxygens (including phenoxy) is 1. The van der Waals surface area contributed by atoms with Crippen LogP contribution in [0.5, 0.6) is 0 Å². The molecule has 3 unspecified atom stereocenters. The van der Waals surface area contributed by atoms with Crippen LogP contribution in [-0.2, 0) is 4.74 Å². The zero-order valence-electron chi connectivity index (χ0n) is 13.0. The van der Waals surface area contributed by atoms with Crippen LogP contribution in [0.4, 0.5) is 0 Å². The van der Waals surface area contributed by atoms with Crippen molar-refractivity contribution < 1.29 is 4.74 Å². The average Bonchev–Trinajstić information content (AvgIpc) is 3.08. The van der Waals surface area contributed by atoms with Gasteiger partial charge in [-0.2, -0.15) is 0 Å². The molecule has 0 aromatic carbocycles. The Labute approximate surface area is 123 Å². The first kappa shape index (κ1) is 14.8. The first-order chi connectivity index (χ1) is 9.85. The van der Waals surface area contributed by atoms with E-state index in [2.05, 4.69) is 22.0 Å². The Balaban J connectivity index is 1.36. The summed E-state index contributed by atoms with van der Waals surface area (Å²) in [4.78, 5) is 5.28. The van der Waals surface area contributed by atoms with Crippen molar-refractivity contribution in [2.75, 3.05) is 52.4 Å². The molecule has 0 saturated carbocycles. The van der Waals surface area contributed by atoms with E-state index in [1.807, 2.05) is 0 Å². The van der Waals surface area contributed by atoms with Crippen LogP contribution >= 0.6 is 0 Å². The summed E-state index contributed by atoms with van der Waals surface area (Å²) in [6.07, 6.45) is 5.77. The fraction of sp³-hybridized carbons (Fsp3) is 1.00. The molecule has 3 heterocycles. The van der Waals surface area contributed by atoms with Gasteiger partial charge in [0, 0.05) is 25.7 Å². The highest BCUT2D eigenvalue weighted by atomic mass is 16.5. The molecule has 0 amide bonds. The van der Waals surface area contributed by atoms with Crippen molar-refractivity contribution in [1.82, 2.24) is 15.1 Å². The maximum atomic E-state index is 6.09. The Morgan fingerprint density at radius 3 is 3.05 bits per heavy atom. The number of likely N-dealkylation sites (tertiary alicyclic amines) is 1. The van der Waals surface area contributed by atoms with E-state index >= 15 is 0 Å². The van der Waals surface area contributed by atoms with Crippen molar-refractivity contribution in [3.63, 3.8) is 0 Å². The van der Waals surface area contributed by atoms with Gasteiger partial charge in [0.1, 0.15) is 0 Å². The van der Waals surface area contributed by atoms with Crippen molar-refractivity contribution in [1.29, 1.82) is 0 Å². The van der Waals surface area contributed by atoms with Crippen LogP contribution in [0.15, 0.2) is 0 Å².